The monoisotopic (exact) mass is 299 g/mol. The van der Waals surface area contributed by atoms with Crippen molar-refractivity contribution < 1.29 is 13.2 Å². The van der Waals surface area contributed by atoms with Gasteiger partial charge >= 0.3 is 0 Å². The van der Waals surface area contributed by atoms with Crippen molar-refractivity contribution in [1.29, 1.82) is 0 Å². The minimum Gasteiger partial charge on any atom is -0.397 e. The Morgan fingerprint density at radius 2 is 2.25 bits per heavy atom. The first kappa shape index (κ1) is 15.1. The third-order valence-electron chi connectivity index (χ3n) is 3.47. The number of benzene rings is 1. The average molecular weight is 299 g/mol. The summed E-state index contributed by atoms with van der Waals surface area (Å²) in [6.07, 6.45) is 1.09. The van der Waals surface area contributed by atoms with Crippen molar-refractivity contribution in [3.63, 3.8) is 0 Å². The smallest absolute Gasteiger partial charge is 0.240 e. The quantitative estimate of drug-likeness (QED) is 0.785. The minimum absolute atomic E-state index is 0.170. The van der Waals surface area contributed by atoms with Gasteiger partial charge in [-0.3, -0.25) is 0 Å². The van der Waals surface area contributed by atoms with Gasteiger partial charge in [0.15, 0.2) is 0 Å². The van der Waals surface area contributed by atoms with Gasteiger partial charge < -0.3 is 15.4 Å². The number of rotatable bonds is 5. The van der Waals surface area contributed by atoms with Crippen LogP contribution >= 0.6 is 0 Å². The predicted octanol–water partition coefficient (Wildman–Crippen LogP) is 0.792. The van der Waals surface area contributed by atoms with Crippen LogP contribution in [0.3, 0.4) is 0 Å². The van der Waals surface area contributed by atoms with Crippen LogP contribution in [-0.2, 0) is 14.8 Å². The molecule has 0 saturated carbocycles. The van der Waals surface area contributed by atoms with Gasteiger partial charge in [0.2, 0.25) is 10.0 Å². The van der Waals surface area contributed by atoms with E-state index in [1.807, 2.05) is 0 Å². The van der Waals surface area contributed by atoms with E-state index in [9.17, 15) is 8.42 Å². The number of anilines is 2. The zero-order valence-corrected chi connectivity index (χ0v) is 12.6. The lowest BCUT2D eigenvalue weighted by Gasteiger charge is -2.21. The number of nitrogens with zero attached hydrogens (tertiary/aromatic N) is 1. The molecule has 3 N–H and O–H groups in total. The highest BCUT2D eigenvalue weighted by Crippen LogP contribution is 2.30. The fourth-order valence-electron chi connectivity index (χ4n) is 2.38. The number of nitrogens with two attached hydrogens (primary N) is 1. The molecule has 112 valence electrons. The molecule has 1 aliphatic heterocycles. The predicted molar refractivity (Wildman–Crippen MR) is 79.3 cm³/mol. The van der Waals surface area contributed by atoms with E-state index in [4.69, 9.17) is 10.5 Å². The van der Waals surface area contributed by atoms with Crippen molar-refractivity contribution in [2.45, 2.75) is 24.3 Å². The van der Waals surface area contributed by atoms with E-state index < -0.39 is 10.0 Å². The zero-order chi connectivity index (χ0) is 14.8. The van der Waals surface area contributed by atoms with Gasteiger partial charge in [0.1, 0.15) is 0 Å². The number of sulfonamides is 1. The molecule has 1 unspecified atom stereocenters. The van der Waals surface area contributed by atoms with E-state index in [1.165, 1.54) is 6.07 Å². The summed E-state index contributed by atoms with van der Waals surface area (Å²) in [6.45, 7) is 3.65. The Bertz CT molecular complexity index is 574. The van der Waals surface area contributed by atoms with Gasteiger partial charge in [-0.15, -0.1) is 0 Å². The Kier molecular flexibility index (Phi) is 4.52. The number of hydrogen-bond acceptors (Lipinski definition) is 5. The van der Waals surface area contributed by atoms with Crippen molar-refractivity contribution in [2.75, 3.05) is 37.4 Å². The Balaban J connectivity index is 2.30. The topological polar surface area (TPSA) is 84.7 Å². The highest BCUT2D eigenvalue weighted by Gasteiger charge is 2.25. The largest absolute Gasteiger partial charge is 0.397 e. The van der Waals surface area contributed by atoms with E-state index >= 15 is 0 Å². The molecule has 0 bridgehead atoms. The lowest BCUT2D eigenvalue weighted by Crippen LogP contribution is -2.25. The molecule has 1 saturated heterocycles. The summed E-state index contributed by atoms with van der Waals surface area (Å²) in [5, 5.41) is 0. The second kappa shape index (κ2) is 5.99. The zero-order valence-electron chi connectivity index (χ0n) is 11.8. The van der Waals surface area contributed by atoms with Crippen LogP contribution in [0, 0.1) is 0 Å². The van der Waals surface area contributed by atoms with Gasteiger partial charge in [-0.2, -0.15) is 0 Å². The van der Waals surface area contributed by atoms with Gasteiger partial charge in [-0.1, -0.05) is 6.92 Å². The van der Waals surface area contributed by atoms with Crippen LogP contribution in [0.15, 0.2) is 23.1 Å². The fraction of sp³-hybridized carbons (Fsp3) is 0.538. The standard InChI is InChI=1S/C13H21N3O3S/c1-3-15-20(17,18)11-4-5-12(14)13(8-11)16-7-6-10(9-16)19-2/h4-5,8,10,15H,3,6-7,9,14H2,1-2H3. The maximum absolute atomic E-state index is 12.0. The molecular weight excluding hydrogens is 278 g/mol. The van der Waals surface area contributed by atoms with Gasteiger partial charge in [-0.25, -0.2) is 13.1 Å². The summed E-state index contributed by atoms with van der Waals surface area (Å²) in [6, 6.07) is 4.80. The molecule has 1 aromatic carbocycles. The van der Waals surface area contributed by atoms with E-state index in [0.29, 0.717) is 12.2 Å². The third-order valence-corrected chi connectivity index (χ3v) is 5.01. The van der Waals surface area contributed by atoms with Crippen LogP contribution in [0.25, 0.3) is 0 Å². The number of nitrogens with one attached hydrogen (secondary N) is 1. The third kappa shape index (κ3) is 3.05. The highest BCUT2D eigenvalue weighted by molar-refractivity contribution is 7.89. The molecule has 1 aromatic rings. The molecule has 2 rings (SSSR count). The van der Waals surface area contributed by atoms with Crippen LogP contribution in [0.1, 0.15) is 13.3 Å². The Morgan fingerprint density at radius 1 is 1.50 bits per heavy atom. The van der Waals surface area contributed by atoms with Crippen molar-refractivity contribution in [3.8, 4) is 0 Å². The first-order chi connectivity index (χ1) is 9.47. The van der Waals surface area contributed by atoms with Crippen LogP contribution in [0.4, 0.5) is 11.4 Å². The molecule has 1 atom stereocenters. The summed E-state index contributed by atoms with van der Waals surface area (Å²) in [7, 11) is -1.78. The van der Waals surface area contributed by atoms with Crippen LogP contribution in [-0.4, -0.2) is 41.3 Å². The molecule has 7 heteroatoms. The Labute approximate surface area is 120 Å². The first-order valence-electron chi connectivity index (χ1n) is 6.65. The molecule has 1 aliphatic rings. The van der Waals surface area contributed by atoms with Crippen LogP contribution in [0.2, 0.25) is 0 Å². The summed E-state index contributed by atoms with van der Waals surface area (Å²) in [4.78, 5) is 2.30. The Hall–Kier alpha value is -1.31. The highest BCUT2D eigenvalue weighted by atomic mass is 32.2. The number of nitrogen functional groups attached to an aromatic ring is 1. The lowest BCUT2D eigenvalue weighted by atomic mass is 10.2. The number of ether oxygens (including phenoxy) is 1. The van der Waals surface area contributed by atoms with E-state index in [-0.39, 0.29) is 11.0 Å². The molecule has 1 heterocycles. The Morgan fingerprint density at radius 3 is 2.85 bits per heavy atom. The van der Waals surface area contributed by atoms with Crippen LogP contribution < -0.4 is 15.4 Å². The van der Waals surface area contributed by atoms with Crippen molar-refractivity contribution in [1.82, 2.24) is 4.72 Å². The molecule has 0 aromatic heterocycles. The fourth-order valence-corrected chi connectivity index (χ4v) is 3.44. The van der Waals surface area contributed by atoms with Gasteiger partial charge in [0.05, 0.1) is 22.4 Å². The second-order valence-corrected chi connectivity index (χ2v) is 6.58. The minimum atomic E-state index is -3.46. The van der Waals surface area contributed by atoms with E-state index in [0.717, 1.165) is 25.2 Å². The maximum Gasteiger partial charge on any atom is 0.240 e. The van der Waals surface area contributed by atoms with E-state index in [2.05, 4.69) is 9.62 Å². The SMILES string of the molecule is CCNS(=O)(=O)c1ccc(N)c(N2CCC(OC)C2)c1. The molecule has 0 aliphatic carbocycles. The molecular formula is C13H21N3O3S. The molecule has 20 heavy (non-hydrogen) atoms. The molecule has 6 nitrogen and oxygen atoms in total. The average Bonchev–Trinajstić information content (AvgIpc) is 2.87. The summed E-state index contributed by atoms with van der Waals surface area (Å²) in [5.41, 5.74) is 7.31. The van der Waals surface area contributed by atoms with Crippen molar-refractivity contribution >= 4 is 21.4 Å². The molecule has 0 radical (unpaired) electrons. The van der Waals surface area contributed by atoms with Crippen LogP contribution in [0.5, 0.6) is 0 Å². The lowest BCUT2D eigenvalue weighted by molar-refractivity contribution is 0.121. The molecule has 0 spiro atoms. The normalized spacial score (nSPS) is 19.5. The number of methoxy groups -OCH3 is 1. The number of hydrogen-bond donors (Lipinski definition) is 2. The first-order valence-corrected chi connectivity index (χ1v) is 8.13. The second-order valence-electron chi connectivity index (χ2n) is 4.81. The van der Waals surface area contributed by atoms with E-state index in [1.54, 1.807) is 26.2 Å². The van der Waals surface area contributed by atoms with Gasteiger partial charge in [-0.05, 0) is 24.6 Å². The molecule has 1 fully saturated rings. The summed E-state index contributed by atoms with van der Waals surface area (Å²) in [5.74, 6) is 0. The van der Waals surface area contributed by atoms with Gasteiger partial charge in [0, 0.05) is 26.7 Å². The molecule has 0 amide bonds. The maximum atomic E-state index is 12.0. The summed E-state index contributed by atoms with van der Waals surface area (Å²) >= 11 is 0. The summed E-state index contributed by atoms with van der Waals surface area (Å²) < 4.78 is 31.9. The van der Waals surface area contributed by atoms with Gasteiger partial charge in [0.25, 0.3) is 0 Å². The van der Waals surface area contributed by atoms with Crippen molar-refractivity contribution in [3.05, 3.63) is 18.2 Å². The van der Waals surface area contributed by atoms with Crippen molar-refractivity contribution in [2.24, 2.45) is 0 Å².